The fourth-order valence-electron chi connectivity index (χ4n) is 0.752. The smallest absolute Gasteiger partial charge is 0.171 e. The van der Waals surface area contributed by atoms with Gasteiger partial charge in [-0.15, -0.1) is 0 Å². The average Bonchev–Trinajstić information content (AvgIpc) is 2.00. The summed E-state index contributed by atoms with van der Waals surface area (Å²) in [6.07, 6.45) is -8.82. The summed E-state index contributed by atoms with van der Waals surface area (Å²) < 4.78 is 72.0. The summed E-state index contributed by atoms with van der Waals surface area (Å²) in [4.78, 5) is 0. The van der Waals surface area contributed by atoms with Crippen molar-refractivity contribution >= 4 is 0 Å². The Morgan fingerprint density at radius 2 is 1.67 bits per heavy atom. The summed E-state index contributed by atoms with van der Waals surface area (Å²) in [5.74, 6) is -1.80. The average molecular weight is 232 g/mol. The van der Waals surface area contributed by atoms with Crippen molar-refractivity contribution in [3.63, 3.8) is 0 Å². The highest BCUT2D eigenvalue weighted by atomic mass is 19.4. The van der Waals surface area contributed by atoms with Crippen LogP contribution in [0.3, 0.4) is 0 Å². The van der Waals surface area contributed by atoms with Gasteiger partial charge in [-0.1, -0.05) is 25.7 Å². The highest BCUT2D eigenvalue weighted by molar-refractivity contribution is 5.21. The lowest BCUT2D eigenvalue weighted by Gasteiger charge is -2.14. The van der Waals surface area contributed by atoms with Gasteiger partial charge in [-0.2, -0.15) is 26.3 Å². The van der Waals surface area contributed by atoms with E-state index in [1.807, 2.05) is 0 Å². The lowest BCUT2D eigenvalue weighted by molar-refractivity contribution is -0.168. The third-order valence-electron chi connectivity index (χ3n) is 1.80. The minimum Gasteiger partial charge on any atom is -0.171 e. The molecule has 88 valence electrons. The van der Waals surface area contributed by atoms with E-state index in [1.165, 1.54) is 0 Å². The van der Waals surface area contributed by atoms with Crippen LogP contribution in [0.25, 0.3) is 0 Å². The lowest BCUT2D eigenvalue weighted by atomic mass is 10.1. The molecule has 0 bridgehead atoms. The fourth-order valence-corrected chi connectivity index (χ4v) is 0.752. The number of halogens is 6. The third kappa shape index (κ3) is 4.90. The molecule has 0 nitrogen and oxygen atoms in total. The minimum atomic E-state index is -4.65. The van der Waals surface area contributed by atoms with Crippen molar-refractivity contribution < 1.29 is 26.3 Å². The van der Waals surface area contributed by atoms with Gasteiger partial charge >= 0.3 is 12.4 Å². The Bertz CT molecular complexity index is 244. The molecule has 0 radical (unpaired) electrons. The molecule has 0 amide bonds. The van der Waals surface area contributed by atoms with Gasteiger partial charge in [0.05, 0.1) is 11.5 Å². The number of rotatable bonds is 3. The molecule has 15 heavy (non-hydrogen) atoms. The van der Waals surface area contributed by atoms with Gasteiger partial charge in [-0.05, 0) is 6.42 Å². The molecule has 0 aliphatic rings. The molecular formula is C9H10F6. The van der Waals surface area contributed by atoms with E-state index in [9.17, 15) is 26.3 Å². The van der Waals surface area contributed by atoms with E-state index in [1.54, 1.807) is 0 Å². The maximum absolute atomic E-state index is 12.0. The normalized spacial score (nSPS) is 16.3. The van der Waals surface area contributed by atoms with E-state index >= 15 is 0 Å². The second kappa shape index (κ2) is 4.72. The first kappa shape index (κ1) is 14.1. The Labute approximate surface area is 83.3 Å². The molecule has 1 atom stereocenters. The minimum absolute atomic E-state index is 0.503. The summed E-state index contributed by atoms with van der Waals surface area (Å²) in [6, 6.07) is 0. The van der Waals surface area contributed by atoms with E-state index < -0.39 is 30.3 Å². The van der Waals surface area contributed by atoms with Crippen LogP contribution in [0.1, 0.15) is 13.3 Å². The van der Waals surface area contributed by atoms with E-state index in [0.717, 1.165) is 6.92 Å². The van der Waals surface area contributed by atoms with Crippen LogP contribution >= 0.6 is 0 Å². The zero-order chi connectivity index (χ0) is 12.3. The second-order valence-electron chi connectivity index (χ2n) is 3.04. The van der Waals surface area contributed by atoms with E-state index in [4.69, 9.17) is 0 Å². The molecule has 0 N–H and O–H groups in total. The molecule has 0 aliphatic heterocycles. The van der Waals surface area contributed by atoms with Crippen molar-refractivity contribution in [1.82, 2.24) is 0 Å². The van der Waals surface area contributed by atoms with Crippen molar-refractivity contribution in [3.8, 4) is 0 Å². The van der Waals surface area contributed by atoms with Crippen molar-refractivity contribution in [1.29, 1.82) is 0 Å². The van der Waals surface area contributed by atoms with E-state index in [-0.39, 0.29) is 0 Å². The van der Waals surface area contributed by atoms with Crippen LogP contribution < -0.4 is 0 Å². The standard InChI is InChI=1S/C9H10F6/c1-3-7(9(13,14)15)5-4-6(2)8(10,11)12/h3,5-6H,1,4H2,2H3/b7-5+. The third-order valence-corrected chi connectivity index (χ3v) is 1.80. The number of hydrogen-bond acceptors (Lipinski definition) is 0. The highest BCUT2D eigenvalue weighted by Gasteiger charge is 2.36. The van der Waals surface area contributed by atoms with Gasteiger partial charge < -0.3 is 0 Å². The lowest BCUT2D eigenvalue weighted by Crippen LogP contribution is -2.19. The Morgan fingerprint density at radius 3 is 1.93 bits per heavy atom. The molecule has 0 spiro atoms. The first-order valence-electron chi connectivity index (χ1n) is 4.05. The highest BCUT2D eigenvalue weighted by Crippen LogP contribution is 2.31. The Kier molecular flexibility index (Phi) is 4.42. The molecular weight excluding hydrogens is 222 g/mol. The molecule has 6 heteroatoms. The van der Waals surface area contributed by atoms with Gasteiger partial charge in [0.1, 0.15) is 0 Å². The molecule has 1 unspecified atom stereocenters. The summed E-state index contributed by atoms with van der Waals surface area (Å²) >= 11 is 0. The molecule has 0 aromatic rings. The van der Waals surface area contributed by atoms with Crippen molar-refractivity contribution in [2.45, 2.75) is 25.7 Å². The Morgan fingerprint density at radius 1 is 1.20 bits per heavy atom. The van der Waals surface area contributed by atoms with Crippen LogP contribution in [0.15, 0.2) is 24.3 Å². The van der Waals surface area contributed by atoms with Gasteiger partial charge in [0.15, 0.2) is 0 Å². The van der Waals surface area contributed by atoms with Gasteiger partial charge in [0.2, 0.25) is 0 Å². The first-order valence-corrected chi connectivity index (χ1v) is 4.05. The Hall–Kier alpha value is -0.940. The summed E-state index contributed by atoms with van der Waals surface area (Å²) in [5, 5.41) is 0. The van der Waals surface area contributed by atoms with Gasteiger partial charge in [-0.25, -0.2) is 0 Å². The topological polar surface area (TPSA) is 0 Å². The van der Waals surface area contributed by atoms with Crippen LogP contribution in [-0.2, 0) is 0 Å². The second-order valence-corrected chi connectivity index (χ2v) is 3.04. The summed E-state index contributed by atoms with van der Waals surface area (Å²) in [7, 11) is 0. The zero-order valence-corrected chi connectivity index (χ0v) is 7.91. The summed E-state index contributed by atoms with van der Waals surface area (Å²) in [5.41, 5.74) is -1.14. The molecule has 0 aromatic heterocycles. The van der Waals surface area contributed by atoms with Gasteiger partial charge in [0.25, 0.3) is 0 Å². The predicted octanol–water partition coefficient (Wildman–Crippen LogP) is 4.25. The van der Waals surface area contributed by atoms with E-state index in [2.05, 4.69) is 6.58 Å². The number of alkyl halides is 6. The molecule has 0 saturated carbocycles. The van der Waals surface area contributed by atoms with Crippen LogP contribution in [-0.4, -0.2) is 12.4 Å². The molecule has 0 fully saturated rings. The number of hydrogen-bond donors (Lipinski definition) is 0. The van der Waals surface area contributed by atoms with Crippen LogP contribution in [0.4, 0.5) is 26.3 Å². The molecule has 0 saturated heterocycles. The zero-order valence-electron chi connectivity index (χ0n) is 7.91. The van der Waals surface area contributed by atoms with Crippen LogP contribution in [0.2, 0.25) is 0 Å². The van der Waals surface area contributed by atoms with E-state index in [0.29, 0.717) is 12.2 Å². The summed E-state index contributed by atoms with van der Waals surface area (Å²) in [6.45, 7) is 3.73. The first-order chi connectivity index (χ1) is 6.59. The predicted molar refractivity (Wildman–Crippen MR) is 44.2 cm³/mol. The Balaban J connectivity index is 4.57. The number of allylic oxidation sites excluding steroid dienone is 3. The van der Waals surface area contributed by atoms with Gasteiger partial charge in [0, 0.05) is 0 Å². The maximum atomic E-state index is 12.0. The van der Waals surface area contributed by atoms with Crippen molar-refractivity contribution in [3.05, 3.63) is 24.3 Å². The largest absolute Gasteiger partial charge is 0.416 e. The van der Waals surface area contributed by atoms with Gasteiger partial charge in [-0.3, -0.25) is 0 Å². The quantitative estimate of drug-likeness (QED) is 0.504. The fraction of sp³-hybridized carbons (Fsp3) is 0.556. The molecule has 0 aliphatic carbocycles. The van der Waals surface area contributed by atoms with Crippen molar-refractivity contribution in [2.75, 3.05) is 0 Å². The maximum Gasteiger partial charge on any atom is 0.416 e. The van der Waals surface area contributed by atoms with Crippen LogP contribution in [0, 0.1) is 5.92 Å². The van der Waals surface area contributed by atoms with Crippen LogP contribution in [0.5, 0.6) is 0 Å². The monoisotopic (exact) mass is 232 g/mol. The SMILES string of the molecule is C=C/C(=C\CC(C)C(F)(F)F)C(F)(F)F. The van der Waals surface area contributed by atoms with Crippen molar-refractivity contribution in [2.24, 2.45) is 5.92 Å². The molecule has 0 aromatic carbocycles. The molecule has 0 rings (SSSR count). The molecule has 0 heterocycles.